The molecule has 0 saturated heterocycles. The maximum Gasteiger partial charge on any atom is 0.337 e. The maximum absolute atomic E-state index is 10.8. The van der Waals surface area contributed by atoms with Gasteiger partial charge in [-0.2, -0.15) is 11.8 Å². The van der Waals surface area contributed by atoms with E-state index in [1.165, 1.54) is 12.3 Å². The number of nitrogens with zero attached hydrogens (tertiary/aromatic N) is 1. The number of hydrogen-bond acceptors (Lipinski definition) is 4. The molecular weight excluding hydrogens is 236 g/mol. The van der Waals surface area contributed by atoms with Crippen molar-refractivity contribution in [2.75, 3.05) is 23.9 Å². The summed E-state index contributed by atoms with van der Waals surface area (Å²) in [6, 6.07) is 1.38. The first-order valence-corrected chi connectivity index (χ1v) is 6.04. The molecule has 0 aromatic carbocycles. The Labute approximate surface area is 97.0 Å². The van der Waals surface area contributed by atoms with Gasteiger partial charge in [0.15, 0.2) is 0 Å². The lowest BCUT2D eigenvalue weighted by Gasteiger charge is -2.07. The van der Waals surface area contributed by atoms with Gasteiger partial charge in [-0.05, 0) is 12.3 Å². The Morgan fingerprint density at radius 1 is 1.73 bits per heavy atom. The van der Waals surface area contributed by atoms with Crippen molar-refractivity contribution in [1.82, 2.24) is 4.98 Å². The number of nitrogens with one attached hydrogen (secondary N) is 1. The van der Waals surface area contributed by atoms with Crippen LogP contribution >= 0.6 is 23.4 Å². The molecule has 0 bridgehead atoms. The molecule has 0 unspecified atom stereocenters. The summed E-state index contributed by atoms with van der Waals surface area (Å²) in [6.07, 6.45) is 3.42. The van der Waals surface area contributed by atoms with Crippen molar-refractivity contribution >= 4 is 35.1 Å². The van der Waals surface area contributed by atoms with Crippen LogP contribution in [0.2, 0.25) is 5.02 Å². The molecule has 0 fully saturated rings. The molecule has 0 amide bonds. The van der Waals surface area contributed by atoms with E-state index in [1.54, 1.807) is 11.8 Å². The highest BCUT2D eigenvalue weighted by molar-refractivity contribution is 7.98. The van der Waals surface area contributed by atoms with E-state index in [0.29, 0.717) is 12.4 Å². The number of halogens is 1. The van der Waals surface area contributed by atoms with Gasteiger partial charge >= 0.3 is 5.97 Å². The number of carbonyl (C=O) groups is 1. The van der Waals surface area contributed by atoms with Crippen molar-refractivity contribution in [3.8, 4) is 0 Å². The van der Waals surface area contributed by atoms with Gasteiger partial charge in [-0.15, -0.1) is 0 Å². The van der Waals surface area contributed by atoms with Gasteiger partial charge in [0, 0.05) is 18.5 Å². The van der Waals surface area contributed by atoms with Crippen LogP contribution in [0.5, 0.6) is 0 Å². The molecule has 6 heteroatoms. The topological polar surface area (TPSA) is 62.2 Å². The van der Waals surface area contributed by atoms with Gasteiger partial charge in [0.25, 0.3) is 0 Å². The predicted octanol–water partition coefficient (Wildman–Crippen LogP) is 2.21. The Hall–Kier alpha value is -0.940. The number of rotatable bonds is 5. The summed E-state index contributed by atoms with van der Waals surface area (Å²) in [5.41, 5.74) is 0.0679. The van der Waals surface area contributed by atoms with E-state index in [0.717, 1.165) is 5.75 Å². The molecule has 1 aromatic heterocycles. The standard InChI is InChI=1S/C9H11ClN2O2S/c1-15-5-4-12-8-7(10)6(9(13)14)2-3-11-8/h2-3H,4-5H2,1H3,(H,11,12)(H,13,14). The summed E-state index contributed by atoms with van der Waals surface area (Å²) in [5.74, 6) is 0.288. The third-order valence-corrected chi connectivity index (χ3v) is 2.71. The minimum Gasteiger partial charge on any atom is -0.478 e. The van der Waals surface area contributed by atoms with E-state index in [-0.39, 0.29) is 10.6 Å². The van der Waals surface area contributed by atoms with Gasteiger partial charge < -0.3 is 10.4 Å². The summed E-state index contributed by atoms with van der Waals surface area (Å²) in [7, 11) is 0. The first-order chi connectivity index (χ1) is 7.16. The van der Waals surface area contributed by atoms with Crippen molar-refractivity contribution in [3.05, 3.63) is 22.8 Å². The normalized spacial score (nSPS) is 10.0. The van der Waals surface area contributed by atoms with E-state index in [2.05, 4.69) is 10.3 Å². The molecule has 1 rings (SSSR count). The second-order valence-electron chi connectivity index (χ2n) is 2.75. The molecule has 0 spiro atoms. The van der Waals surface area contributed by atoms with Crippen molar-refractivity contribution in [2.45, 2.75) is 0 Å². The summed E-state index contributed by atoms with van der Waals surface area (Å²) in [4.78, 5) is 14.7. The number of hydrogen-bond donors (Lipinski definition) is 2. The van der Waals surface area contributed by atoms with Crippen molar-refractivity contribution in [2.24, 2.45) is 0 Å². The Kier molecular flexibility index (Phi) is 4.71. The summed E-state index contributed by atoms with van der Waals surface area (Å²) < 4.78 is 0. The van der Waals surface area contributed by atoms with Crippen LogP contribution in [0.3, 0.4) is 0 Å². The molecule has 1 heterocycles. The first kappa shape index (κ1) is 12.1. The molecule has 82 valence electrons. The lowest BCUT2D eigenvalue weighted by Crippen LogP contribution is -2.08. The van der Waals surface area contributed by atoms with Crippen LogP contribution in [0.4, 0.5) is 5.82 Å². The van der Waals surface area contributed by atoms with Crippen LogP contribution in [0, 0.1) is 0 Å². The first-order valence-electron chi connectivity index (χ1n) is 4.27. The molecule has 4 nitrogen and oxygen atoms in total. The number of aromatic carboxylic acids is 1. The number of anilines is 1. The van der Waals surface area contributed by atoms with Crippen molar-refractivity contribution in [3.63, 3.8) is 0 Å². The Bertz CT molecular complexity index is 360. The maximum atomic E-state index is 10.8. The molecule has 0 saturated carbocycles. The summed E-state index contributed by atoms with van der Waals surface area (Å²) >= 11 is 7.56. The lowest BCUT2D eigenvalue weighted by molar-refractivity contribution is 0.0697. The fourth-order valence-electron chi connectivity index (χ4n) is 1.00. The van der Waals surface area contributed by atoms with E-state index in [4.69, 9.17) is 16.7 Å². The zero-order valence-electron chi connectivity index (χ0n) is 8.16. The largest absolute Gasteiger partial charge is 0.478 e. The Morgan fingerprint density at radius 3 is 3.07 bits per heavy atom. The van der Waals surface area contributed by atoms with E-state index in [1.807, 2.05) is 6.26 Å². The van der Waals surface area contributed by atoms with E-state index in [9.17, 15) is 4.79 Å². The highest BCUT2D eigenvalue weighted by Gasteiger charge is 2.12. The fraction of sp³-hybridized carbons (Fsp3) is 0.333. The van der Waals surface area contributed by atoms with Crippen LogP contribution in [-0.4, -0.2) is 34.6 Å². The van der Waals surface area contributed by atoms with Crippen molar-refractivity contribution < 1.29 is 9.90 Å². The highest BCUT2D eigenvalue weighted by atomic mass is 35.5. The monoisotopic (exact) mass is 246 g/mol. The molecule has 2 N–H and O–H groups in total. The smallest absolute Gasteiger partial charge is 0.337 e. The quantitative estimate of drug-likeness (QED) is 0.780. The number of aromatic nitrogens is 1. The van der Waals surface area contributed by atoms with Gasteiger partial charge in [-0.25, -0.2) is 9.78 Å². The van der Waals surface area contributed by atoms with Gasteiger partial charge in [-0.3, -0.25) is 0 Å². The number of thioether (sulfide) groups is 1. The summed E-state index contributed by atoms with van der Waals surface area (Å²) in [6.45, 7) is 0.705. The van der Waals surface area contributed by atoms with Gasteiger partial charge in [0.1, 0.15) is 5.82 Å². The molecular formula is C9H11ClN2O2S. The van der Waals surface area contributed by atoms with Crippen LogP contribution in [0.25, 0.3) is 0 Å². The van der Waals surface area contributed by atoms with E-state index < -0.39 is 5.97 Å². The van der Waals surface area contributed by atoms with Crippen molar-refractivity contribution in [1.29, 1.82) is 0 Å². The average molecular weight is 247 g/mol. The molecule has 0 aliphatic heterocycles. The zero-order valence-corrected chi connectivity index (χ0v) is 9.73. The predicted molar refractivity (Wildman–Crippen MR) is 63.1 cm³/mol. The number of carboxylic acids is 1. The second kappa shape index (κ2) is 5.82. The Balaban J connectivity index is 2.80. The van der Waals surface area contributed by atoms with Crippen LogP contribution in [0.15, 0.2) is 12.3 Å². The molecule has 0 aliphatic carbocycles. The lowest BCUT2D eigenvalue weighted by atomic mass is 10.2. The third-order valence-electron chi connectivity index (χ3n) is 1.72. The van der Waals surface area contributed by atoms with Crippen LogP contribution in [-0.2, 0) is 0 Å². The number of carboxylic acid groups (broad SMARTS) is 1. The highest BCUT2D eigenvalue weighted by Crippen LogP contribution is 2.23. The molecule has 0 aliphatic rings. The molecule has 0 atom stereocenters. The average Bonchev–Trinajstić information content (AvgIpc) is 2.20. The molecule has 1 aromatic rings. The van der Waals surface area contributed by atoms with Gasteiger partial charge in [0.05, 0.1) is 10.6 Å². The van der Waals surface area contributed by atoms with Gasteiger partial charge in [0.2, 0.25) is 0 Å². The van der Waals surface area contributed by atoms with Gasteiger partial charge in [-0.1, -0.05) is 11.6 Å². The van der Waals surface area contributed by atoms with E-state index >= 15 is 0 Å². The fourth-order valence-corrected chi connectivity index (χ4v) is 1.57. The number of pyridine rings is 1. The molecule has 15 heavy (non-hydrogen) atoms. The third kappa shape index (κ3) is 3.28. The van der Waals surface area contributed by atoms with Crippen LogP contribution in [0.1, 0.15) is 10.4 Å². The summed E-state index contributed by atoms with van der Waals surface area (Å²) in [5, 5.41) is 12.0. The zero-order chi connectivity index (χ0) is 11.3. The molecule has 0 radical (unpaired) electrons. The second-order valence-corrected chi connectivity index (χ2v) is 4.11. The minimum atomic E-state index is -1.05. The van der Waals surface area contributed by atoms with Crippen LogP contribution < -0.4 is 5.32 Å². The SMILES string of the molecule is CSCCNc1nccc(C(=O)O)c1Cl. The minimum absolute atomic E-state index is 0.0679. The Morgan fingerprint density at radius 2 is 2.47 bits per heavy atom.